The van der Waals surface area contributed by atoms with E-state index in [9.17, 15) is 0 Å². The summed E-state index contributed by atoms with van der Waals surface area (Å²) in [5.41, 5.74) is 1.40. The normalized spacial score (nSPS) is 12.0. The minimum Gasteiger partial charge on any atom is -0.494 e. The maximum Gasteiger partial charge on any atom is 0.119 e. The van der Waals surface area contributed by atoms with Gasteiger partial charge in [-0.05, 0) is 49.5 Å². The number of nitrogens with one attached hydrogen (secondary N) is 1. The zero-order valence-corrected chi connectivity index (χ0v) is 12.8. The first kappa shape index (κ1) is 15.6. The van der Waals surface area contributed by atoms with Crippen molar-refractivity contribution in [1.82, 2.24) is 5.32 Å². The quantitative estimate of drug-likeness (QED) is 0.753. The maximum atomic E-state index is 5.83. The minimum atomic E-state index is 0.607. The largest absolute Gasteiger partial charge is 0.494 e. The third kappa shape index (κ3) is 6.01. The van der Waals surface area contributed by atoms with Gasteiger partial charge in [0, 0.05) is 0 Å². The third-order valence-corrected chi connectivity index (χ3v) is 3.59. The summed E-state index contributed by atoms with van der Waals surface area (Å²) in [4.78, 5) is 0. The molecule has 0 amide bonds. The van der Waals surface area contributed by atoms with Gasteiger partial charge in [0.15, 0.2) is 0 Å². The molecule has 0 saturated carbocycles. The molecular formula is C19H25NO. The van der Waals surface area contributed by atoms with Gasteiger partial charge < -0.3 is 10.1 Å². The van der Waals surface area contributed by atoms with Crippen LogP contribution >= 0.6 is 0 Å². The fraction of sp³-hybridized carbons (Fsp3) is 0.368. The Kier molecular flexibility index (Phi) is 6.82. The second-order valence-electron chi connectivity index (χ2n) is 5.31. The fourth-order valence-corrected chi connectivity index (χ4v) is 2.43. The third-order valence-electron chi connectivity index (χ3n) is 3.59. The molecule has 0 aliphatic heterocycles. The van der Waals surface area contributed by atoms with Crippen LogP contribution in [0.5, 0.6) is 5.75 Å². The molecule has 0 aliphatic carbocycles. The molecular weight excluding hydrogens is 258 g/mol. The van der Waals surface area contributed by atoms with Crippen LogP contribution in [-0.2, 0) is 6.42 Å². The Morgan fingerprint density at radius 2 is 1.62 bits per heavy atom. The highest BCUT2D eigenvalue weighted by Crippen LogP contribution is 2.14. The molecule has 112 valence electrons. The number of ether oxygens (including phenoxy) is 1. The van der Waals surface area contributed by atoms with Crippen molar-refractivity contribution in [3.63, 3.8) is 0 Å². The molecule has 1 N–H and O–H groups in total. The smallest absolute Gasteiger partial charge is 0.119 e. The number of hydrogen-bond acceptors (Lipinski definition) is 2. The standard InChI is InChI=1S/C19H25NO/c1-2-20-16-18(15-17-9-5-3-6-10-17)13-14-21-19-11-7-4-8-12-19/h3-12,18,20H,2,13-16H2,1H3. The van der Waals surface area contributed by atoms with Crippen molar-refractivity contribution in [2.75, 3.05) is 19.7 Å². The predicted molar refractivity (Wildman–Crippen MR) is 88.7 cm³/mol. The lowest BCUT2D eigenvalue weighted by Crippen LogP contribution is -2.25. The summed E-state index contributed by atoms with van der Waals surface area (Å²) in [5, 5.41) is 3.46. The molecule has 0 spiro atoms. The van der Waals surface area contributed by atoms with Crippen molar-refractivity contribution in [2.45, 2.75) is 19.8 Å². The van der Waals surface area contributed by atoms with Crippen LogP contribution in [-0.4, -0.2) is 19.7 Å². The van der Waals surface area contributed by atoms with Crippen molar-refractivity contribution >= 4 is 0 Å². The Bertz CT molecular complexity index is 483. The number of para-hydroxylation sites is 1. The molecule has 0 bridgehead atoms. The molecule has 0 heterocycles. The van der Waals surface area contributed by atoms with Gasteiger partial charge in [0.2, 0.25) is 0 Å². The highest BCUT2D eigenvalue weighted by Gasteiger charge is 2.09. The number of hydrogen-bond donors (Lipinski definition) is 1. The molecule has 0 fully saturated rings. The predicted octanol–water partition coefficient (Wildman–Crippen LogP) is 3.92. The Hall–Kier alpha value is -1.80. The number of rotatable bonds is 9. The molecule has 2 rings (SSSR count). The van der Waals surface area contributed by atoms with Crippen molar-refractivity contribution in [1.29, 1.82) is 0 Å². The Morgan fingerprint density at radius 1 is 0.952 bits per heavy atom. The summed E-state index contributed by atoms with van der Waals surface area (Å²) in [6.45, 7) is 4.99. The maximum absolute atomic E-state index is 5.83. The lowest BCUT2D eigenvalue weighted by Gasteiger charge is -2.18. The van der Waals surface area contributed by atoms with Gasteiger partial charge in [-0.2, -0.15) is 0 Å². The van der Waals surface area contributed by atoms with E-state index in [0.29, 0.717) is 5.92 Å². The zero-order valence-electron chi connectivity index (χ0n) is 12.8. The van der Waals surface area contributed by atoms with Crippen LogP contribution < -0.4 is 10.1 Å². The summed E-state index contributed by atoms with van der Waals surface area (Å²) in [5.74, 6) is 1.57. The summed E-state index contributed by atoms with van der Waals surface area (Å²) in [6.07, 6.45) is 2.17. The van der Waals surface area contributed by atoms with E-state index in [1.807, 2.05) is 30.3 Å². The molecule has 1 unspecified atom stereocenters. The van der Waals surface area contributed by atoms with E-state index in [1.165, 1.54) is 5.56 Å². The van der Waals surface area contributed by atoms with Gasteiger partial charge in [-0.15, -0.1) is 0 Å². The molecule has 0 aromatic heterocycles. The van der Waals surface area contributed by atoms with Gasteiger partial charge in [-0.1, -0.05) is 55.5 Å². The van der Waals surface area contributed by atoms with Gasteiger partial charge in [-0.3, -0.25) is 0 Å². The van der Waals surface area contributed by atoms with E-state index in [-0.39, 0.29) is 0 Å². The van der Waals surface area contributed by atoms with Crippen LogP contribution in [0.4, 0.5) is 0 Å². The van der Waals surface area contributed by atoms with E-state index in [1.54, 1.807) is 0 Å². The van der Waals surface area contributed by atoms with Gasteiger partial charge >= 0.3 is 0 Å². The molecule has 1 atom stereocenters. The molecule has 2 aromatic rings. The molecule has 2 aromatic carbocycles. The molecule has 2 heteroatoms. The van der Waals surface area contributed by atoms with Crippen molar-refractivity contribution in [3.05, 3.63) is 66.2 Å². The van der Waals surface area contributed by atoms with E-state index in [2.05, 4.69) is 42.6 Å². The Labute approximate surface area is 128 Å². The van der Waals surface area contributed by atoms with Crippen molar-refractivity contribution < 1.29 is 4.74 Å². The number of benzene rings is 2. The van der Waals surface area contributed by atoms with Crippen LogP contribution in [0.15, 0.2) is 60.7 Å². The lowest BCUT2D eigenvalue weighted by atomic mass is 9.96. The van der Waals surface area contributed by atoms with E-state index < -0.39 is 0 Å². The average Bonchev–Trinajstić information content (AvgIpc) is 2.54. The van der Waals surface area contributed by atoms with E-state index >= 15 is 0 Å². The Morgan fingerprint density at radius 3 is 2.29 bits per heavy atom. The summed E-state index contributed by atoms with van der Waals surface area (Å²) >= 11 is 0. The lowest BCUT2D eigenvalue weighted by molar-refractivity contribution is 0.273. The first-order chi connectivity index (χ1) is 10.4. The molecule has 2 nitrogen and oxygen atoms in total. The van der Waals surface area contributed by atoms with Gasteiger partial charge in [0.05, 0.1) is 6.61 Å². The molecule has 0 saturated heterocycles. The second kappa shape index (κ2) is 9.19. The summed E-state index contributed by atoms with van der Waals surface area (Å²) in [6, 6.07) is 20.8. The molecule has 0 aliphatic rings. The second-order valence-corrected chi connectivity index (χ2v) is 5.31. The zero-order chi connectivity index (χ0) is 14.8. The van der Waals surface area contributed by atoms with Gasteiger partial charge in [0.25, 0.3) is 0 Å². The Balaban J connectivity index is 1.81. The monoisotopic (exact) mass is 283 g/mol. The van der Waals surface area contributed by atoms with Crippen molar-refractivity contribution in [3.8, 4) is 5.75 Å². The molecule has 21 heavy (non-hydrogen) atoms. The highest BCUT2D eigenvalue weighted by atomic mass is 16.5. The van der Waals surface area contributed by atoms with Gasteiger partial charge in [-0.25, -0.2) is 0 Å². The summed E-state index contributed by atoms with van der Waals surface area (Å²) < 4.78 is 5.83. The van der Waals surface area contributed by atoms with Crippen LogP contribution in [0.1, 0.15) is 18.9 Å². The summed E-state index contributed by atoms with van der Waals surface area (Å²) in [7, 11) is 0. The van der Waals surface area contributed by atoms with Crippen molar-refractivity contribution in [2.24, 2.45) is 5.92 Å². The molecule has 0 radical (unpaired) electrons. The van der Waals surface area contributed by atoms with Crippen LogP contribution in [0.3, 0.4) is 0 Å². The highest BCUT2D eigenvalue weighted by molar-refractivity contribution is 5.20. The van der Waals surface area contributed by atoms with Crippen LogP contribution in [0.2, 0.25) is 0 Å². The van der Waals surface area contributed by atoms with Gasteiger partial charge in [0.1, 0.15) is 5.75 Å². The first-order valence-corrected chi connectivity index (χ1v) is 7.81. The van der Waals surface area contributed by atoms with E-state index in [0.717, 1.165) is 38.3 Å². The first-order valence-electron chi connectivity index (χ1n) is 7.81. The van der Waals surface area contributed by atoms with Crippen LogP contribution in [0.25, 0.3) is 0 Å². The van der Waals surface area contributed by atoms with Crippen LogP contribution in [0, 0.1) is 5.92 Å². The SMILES string of the molecule is CCNCC(CCOc1ccccc1)Cc1ccccc1. The fourth-order valence-electron chi connectivity index (χ4n) is 2.43. The minimum absolute atomic E-state index is 0.607. The average molecular weight is 283 g/mol. The topological polar surface area (TPSA) is 21.3 Å². The van der Waals surface area contributed by atoms with E-state index in [4.69, 9.17) is 4.74 Å².